The molecule has 1 unspecified atom stereocenters. The average Bonchev–Trinajstić information content (AvgIpc) is 2.13. The molecule has 1 aromatic rings. The molecule has 4 nitrogen and oxygen atoms in total. The summed E-state index contributed by atoms with van der Waals surface area (Å²) < 4.78 is 23.4. The number of hydrogen-bond acceptors (Lipinski definition) is 4. The molecule has 0 aliphatic rings. The number of sulfone groups is 1. The molecule has 1 aromatic heterocycles. The van der Waals surface area contributed by atoms with E-state index in [0.717, 1.165) is 11.3 Å². The van der Waals surface area contributed by atoms with Gasteiger partial charge in [0.2, 0.25) is 0 Å². The highest BCUT2D eigenvalue weighted by Crippen LogP contribution is 2.22. The lowest BCUT2D eigenvalue weighted by Crippen LogP contribution is -2.13. The molecule has 0 spiro atoms. The number of aromatic nitrogens is 2. The van der Waals surface area contributed by atoms with Gasteiger partial charge in [-0.2, -0.15) is 0 Å². The molecule has 1 N–H and O–H groups in total. The zero-order valence-electron chi connectivity index (χ0n) is 10.7. The Hall–Kier alpha value is -0.750. The van der Waals surface area contributed by atoms with Gasteiger partial charge in [0.05, 0.1) is 0 Å². The van der Waals surface area contributed by atoms with Gasteiger partial charge in [-0.25, -0.2) is 13.4 Å². The molecule has 0 amide bonds. The molecule has 17 heavy (non-hydrogen) atoms. The van der Waals surface area contributed by atoms with Gasteiger partial charge in [0.1, 0.15) is 15.7 Å². The minimum absolute atomic E-state index is 0.272. The molecule has 0 radical (unpaired) electrons. The summed E-state index contributed by atoms with van der Waals surface area (Å²) in [6, 6.07) is 0. The van der Waals surface area contributed by atoms with Gasteiger partial charge in [-0.3, -0.25) is 0 Å². The average molecular weight is 274 g/mol. The Bertz CT molecular complexity index is 574. The largest absolute Gasteiger partial charge is 0.346 e. The molecule has 0 aliphatic heterocycles. The van der Waals surface area contributed by atoms with Crippen molar-refractivity contribution in [1.82, 2.24) is 9.97 Å². The third-order valence-electron chi connectivity index (χ3n) is 2.78. The lowest BCUT2D eigenvalue weighted by Gasteiger charge is -2.14. The highest BCUT2D eigenvalue weighted by Gasteiger charge is 2.21. The minimum Gasteiger partial charge on any atom is -0.346 e. The number of rotatable bonds is 3. The van der Waals surface area contributed by atoms with E-state index in [9.17, 15) is 8.42 Å². The SMILES string of the molecule is Cc1[nH]c(C(C)S(C)(=O)=O)nc(=S)c1C(C)C. The van der Waals surface area contributed by atoms with Crippen LogP contribution in [-0.4, -0.2) is 24.6 Å². The summed E-state index contributed by atoms with van der Waals surface area (Å²) in [6.07, 6.45) is 1.20. The molecule has 0 aromatic carbocycles. The van der Waals surface area contributed by atoms with Gasteiger partial charge in [0.15, 0.2) is 9.84 Å². The van der Waals surface area contributed by atoms with Crippen LogP contribution in [0, 0.1) is 11.6 Å². The highest BCUT2D eigenvalue weighted by molar-refractivity contribution is 7.90. The van der Waals surface area contributed by atoms with Crippen molar-refractivity contribution in [2.75, 3.05) is 6.26 Å². The normalized spacial score (nSPS) is 14.0. The molecule has 1 rings (SSSR count). The summed E-state index contributed by atoms with van der Waals surface area (Å²) in [5.41, 5.74) is 1.87. The smallest absolute Gasteiger partial charge is 0.157 e. The van der Waals surface area contributed by atoms with Gasteiger partial charge in [-0.15, -0.1) is 0 Å². The fourth-order valence-corrected chi connectivity index (χ4v) is 2.70. The Morgan fingerprint density at radius 1 is 1.29 bits per heavy atom. The number of aryl methyl sites for hydroxylation is 1. The van der Waals surface area contributed by atoms with Crippen LogP contribution in [0.3, 0.4) is 0 Å². The summed E-state index contributed by atoms with van der Waals surface area (Å²) in [5, 5.41) is -0.663. The van der Waals surface area contributed by atoms with Crippen LogP contribution in [-0.2, 0) is 9.84 Å². The molecule has 0 bridgehead atoms. The maximum Gasteiger partial charge on any atom is 0.157 e. The van der Waals surface area contributed by atoms with E-state index in [1.165, 1.54) is 6.26 Å². The zero-order valence-corrected chi connectivity index (χ0v) is 12.4. The van der Waals surface area contributed by atoms with E-state index >= 15 is 0 Å². The summed E-state index contributed by atoms with van der Waals surface area (Å²) in [5.74, 6) is 0.688. The van der Waals surface area contributed by atoms with Gasteiger partial charge in [0.25, 0.3) is 0 Å². The zero-order chi connectivity index (χ0) is 13.4. The first-order valence-electron chi connectivity index (χ1n) is 5.44. The van der Waals surface area contributed by atoms with Crippen LogP contribution in [0.1, 0.15) is 49.0 Å². The standard InChI is InChI=1S/C11H18N2O2S2/c1-6(2)9-7(3)12-10(13-11(9)16)8(4)17(5,14)15/h6,8H,1-5H3,(H,12,13,16). The highest BCUT2D eigenvalue weighted by atomic mass is 32.2. The van der Waals surface area contributed by atoms with Gasteiger partial charge in [0, 0.05) is 17.5 Å². The maximum atomic E-state index is 11.5. The topological polar surface area (TPSA) is 62.8 Å². The summed E-state index contributed by atoms with van der Waals surface area (Å²) >= 11 is 5.22. The lowest BCUT2D eigenvalue weighted by atomic mass is 10.0. The van der Waals surface area contributed by atoms with Crippen LogP contribution in [0.15, 0.2) is 0 Å². The first-order chi connectivity index (χ1) is 7.64. The monoisotopic (exact) mass is 274 g/mol. The molecule has 1 atom stereocenters. The maximum absolute atomic E-state index is 11.5. The van der Waals surface area contributed by atoms with E-state index < -0.39 is 15.1 Å². The van der Waals surface area contributed by atoms with Crippen molar-refractivity contribution >= 4 is 22.1 Å². The number of nitrogens with zero attached hydrogens (tertiary/aromatic N) is 1. The molecule has 1 heterocycles. The summed E-state index contributed by atoms with van der Waals surface area (Å²) in [4.78, 5) is 7.25. The lowest BCUT2D eigenvalue weighted by molar-refractivity contribution is 0.588. The summed E-state index contributed by atoms with van der Waals surface area (Å²) in [6.45, 7) is 7.57. The predicted molar refractivity (Wildman–Crippen MR) is 71.5 cm³/mol. The van der Waals surface area contributed by atoms with Crippen molar-refractivity contribution in [3.05, 3.63) is 21.7 Å². The Balaban J connectivity index is 3.39. The summed E-state index contributed by atoms with van der Waals surface area (Å²) in [7, 11) is -3.16. The van der Waals surface area contributed by atoms with E-state index in [1.807, 2.05) is 20.8 Å². The van der Waals surface area contributed by atoms with E-state index in [4.69, 9.17) is 12.2 Å². The second-order valence-corrected chi connectivity index (χ2v) is 7.35. The van der Waals surface area contributed by atoms with E-state index in [2.05, 4.69) is 9.97 Å². The molecular formula is C11H18N2O2S2. The van der Waals surface area contributed by atoms with Gasteiger partial charge in [-0.05, 0) is 19.8 Å². The first kappa shape index (κ1) is 14.3. The second-order valence-electron chi connectivity index (χ2n) is 4.59. The van der Waals surface area contributed by atoms with Gasteiger partial charge >= 0.3 is 0 Å². The molecule has 0 fully saturated rings. The first-order valence-corrected chi connectivity index (χ1v) is 7.80. The quantitative estimate of drug-likeness (QED) is 0.861. The number of hydrogen-bond donors (Lipinski definition) is 1. The van der Waals surface area contributed by atoms with Crippen LogP contribution < -0.4 is 0 Å². The van der Waals surface area contributed by atoms with E-state index in [1.54, 1.807) is 6.92 Å². The molecular weight excluding hydrogens is 256 g/mol. The number of H-pyrrole nitrogens is 1. The molecule has 96 valence electrons. The van der Waals surface area contributed by atoms with Crippen molar-refractivity contribution < 1.29 is 8.42 Å². The minimum atomic E-state index is -3.16. The second kappa shape index (κ2) is 4.86. The van der Waals surface area contributed by atoms with Crippen LogP contribution in [0.5, 0.6) is 0 Å². The number of nitrogens with one attached hydrogen (secondary N) is 1. The van der Waals surface area contributed by atoms with Crippen molar-refractivity contribution in [1.29, 1.82) is 0 Å². The molecule has 0 saturated carbocycles. The fraction of sp³-hybridized carbons (Fsp3) is 0.636. The van der Waals surface area contributed by atoms with Crippen LogP contribution in [0.25, 0.3) is 0 Å². The van der Waals surface area contributed by atoms with Gasteiger partial charge < -0.3 is 4.98 Å². The predicted octanol–water partition coefficient (Wildman–Crippen LogP) is 2.68. The van der Waals surface area contributed by atoms with Crippen molar-refractivity contribution in [3.8, 4) is 0 Å². The Morgan fingerprint density at radius 3 is 2.18 bits per heavy atom. The van der Waals surface area contributed by atoms with Crippen molar-refractivity contribution in [2.45, 2.75) is 38.9 Å². The van der Waals surface area contributed by atoms with Crippen LogP contribution in [0.4, 0.5) is 0 Å². The van der Waals surface area contributed by atoms with E-state index in [-0.39, 0.29) is 5.92 Å². The third kappa shape index (κ3) is 3.13. The number of aromatic amines is 1. The Morgan fingerprint density at radius 2 is 1.82 bits per heavy atom. The molecule has 6 heteroatoms. The Kier molecular flexibility index (Phi) is 4.09. The van der Waals surface area contributed by atoms with Crippen LogP contribution >= 0.6 is 12.2 Å². The molecule has 0 aliphatic carbocycles. The Labute approximate surface area is 107 Å². The fourth-order valence-electron chi connectivity index (χ4n) is 1.69. The molecule has 0 saturated heterocycles. The van der Waals surface area contributed by atoms with Crippen molar-refractivity contribution in [2.24, 2.45) is 0 Å². The van der Waals surface area contributed by atoms with Gasteiger partial charge in [-0.1, -0.05) is 26.1 Å². The van der Waals surface area contributed by atoms with Crippen LogP contribution in [0.2, 0.25) is 0 Å². The third-order valence-corrected chi connectivity index (χ3v) is 4.60. The van der Waals surface area contributed by atoms with Crippen molar-refractivity contribution in [3.63, 3.8) is 0 Å². The van der Waals surface area contributed by atoms with E-state index in [0.29, 0.717) is 10.5 Å².